The van der Waals surface area contributed by atoms with E-state index in [1.54, 1.807) is 0 Å². The standard InChI is InChI=1S/C14H20BrN3S/c1-2-7-16-14-11(15)12(9-5-6-9)17-13(18-14)10-4-3-8-19-10/h9-10H,2-8H2,1H3,(H,16,17,18). The van der Waals surface area contributed by atoms with Crippen molar-refractivity contribution in [3.8, 4) is 0 Å². The molecule has 104 valence electrons. The minimum absolute atomic E-state index is 0.507. The molecule has 1 aliphatic heterocycles. The summed E-state index contributed by atoms with van der Waals surface area (Å²) in [5, 5.41) is 3.95. The molecule has 0 spiro atoms. The minimum Gasteiger partial charge on any atom is -0.369 e. The lowest BCUT2D eigenvalue weighted by molar-refractivity contribution is 0.761. The molecule has 0 aromatic carbocycles. The first-order chi connectivity index (χ1) is 9.29. The zero-order chi connectivity index (χ0) is 13.2. The van der Waals surface area contributed by atoms with E-state index in [-0.39, 0.29) is 0 Å². The van der Waals surface area contributed by atoms with Crippen molar-refractivity contribution in [2.75, 3.05) is 17.6 Å². The fraction of sp³-hybridized carbons (Fsp3) is 0.714. The van der Waals surface area contributed by atoms with Crippen molar-refractivity contribution in [2.45, 2.75) is 50.2 Å². The van der Waals surface area contributed by atoms with Crippen molar-refractivity contribution >= 4 is 33.5 Å². The van der Waals surface area contributed by atoms with Crippen LogP contribution in [0.25, 0.3) is 0 Å². The monoisotopic (exact) mass is 341 g/mol. The highest BCUT2D eigenvalue weighted by Gasteiger charge is 2.31. The van der Waals surface area contributed by atoms with E-state index in [2.05, 4.69) is 28.2 Å². The molecule has 2 heterocycles. The van der Waals surface area contributed by atoms with Gasteiger partial charge in [0.2, 0.25) is 0 Å². The van der Waals surface area contributed by atoms with E-state index in [1.165, 1.54) is 37.1 Å². The molecule has 1 aromatic rings. The molecule has 3 rings (SSSR count). The fourth-order valence-corrected chi connectivity index (χ4v) is 4.24. The lowest BCUT2D eigenvalue weighted by atomic mass is 10.2. The van der Waals surface area contributed by atoms with Crippen LogP contribution in [0.5, 0.6) is 0 Å². The van der Waals surface area contributed by atoms with Crippen LogP contribution in [-0.4, -0.2) is 22.3 Å². The highest BCUT2D eigenvalue weighted by molar-refractivity contribution is 9.10. The molecule has 1 saturated heterocycles. The van der Waals surface area contributed by atoms with Gasteiger partial charge in [-0.25, -0.2) is 9.97 Å². The maximum absolute atomic E-state index is 4.87. The van der Waals surface area contributed by atoms with Gasteiger partial charge in [0.15, 0.2) is 0 Å². The quantitative estimate of drug-likeness (QED) is 0.855. The van der Waals surface area contributed by atoms with Gasteiger partial charge in [-0.15, -0.1) is 0 Å². The van der Waals surface area contributed by atoms with Gasteiger partial charge in [-0.2, -0.15) is 11.8 Å². The van der Waals surface area contributed by atoms with Crippen molar-refractivity contribution < 1.29 is 0 Å². The first-order valence-corrected chi connectivity index (χ1v) is 9.06. The number of thioether (sulfide) groups is 1. The lowest BCUT2D eigenvalue weighted by Gasteiger charge is -2.15. The van der Waals surface area contributed by atoms with Crippen LogP contribution in [0.15, 0.2) is 4.47 Å². The highest BCUT2D eigenvalue weighted by atomic mass is 79.9. The summed E-state index contributed by atoms with van der Waals surface area (Å²) in [7, 11) is 0. The van der Waals surface area contributed by atoms with Crippen LogP contribution in [0.4, 0.5) is 5.82 Å². The molecule has 5 heteroatoms. The minimum atomic E-state index is 0.507. The zero-order valence-corrected chi connectivity index (χ0v) is 13.7. The van der Waals surface area contributed by atoms with Crippen LogP contribution >= 0.6 is 27.7 Å². The van der Waals surface area contributed by atoms with Crippen LogP contribution in [0.3, 0.4) is 0 Å². The Morgan fingerprint density at radius 1 is 1.32 bits per heavy atom. The van der Waals surface area contributed by atoms with E-state index in [9.17, 15) is 0 Å². The number of hydrogen-bond donors (Lipinski definition) is 1. The van der Waals surface area contributed by atoms with Crippen molar-refractivity contribution in [3.63, 3.8) is 0 Å². The molecule has 0 bridgehead atoms. The van der Waals surface area contributed by atoms with Gasteiger partial charge < -0.3 is 5.32 Å². The van der Waals surface area contributed by atoms with E-state index in [0.29, 0.717) is 11.2 Å². The summed E-state index contributed by atoms with van der Waals surface area (Å²) in [4.78, 5) is 9.64. The second kappa shape index (κ2) is 6.00. The predicted octanol–water partition coefficient (Wildman–Crippen LogP) is 4.51. The summed E-state index contributed by atoms with van der Waals surface area (Å²) in [5.41, 5.74) is 1.23. The van der Waals surface area contributed by atoms with Gasteiger partial charge in [0.05, 0.1) is 15.4 Å². The Morgan fingerprint density at radius 2 is 2.16 bits per heavy atom. The van der Waals surface area contributed by atoms with Gasteiger partial charge in [-0.05, 0) is 53.8 Å². The molecule has 1 atom stereocenters. The Morgan fingerprint density at radius 3 is 2.79 bits per heavy atom. The van der Waals surface area contributed by atoms with Crippen LogP contribution in [0.1, 0.15) is 61.7 Å². The lowest BCUT2D eigenvalue weighted by Crippen LogP contribution is -2.09. The van der Waals surface area contributed by atoms with Crippen molar-refractivity contribution in [1.82, 2.24) is 9.97 Å². The van der Waals surface area contributed by atoms with Crippen LogP contribution in [0, 0.1) is 0 Å². The first-order valence-electron chi connectivity index (χ1n) is 7.22. The van der Waals surface area contributed by atoms with Gasteiger partial charge in [0.25, 0.3) is 0 Å². The Bertz CT molecular complexity index is 456. The van der Waals surface area contributed by atoms with E-state index < -0.39 is 0 Å². The molecule has 0 amide bonds. The van der Waals surface area contributed by atoms with Crippen LogP contribution in [0.2, 0.25) is 0 Å². The Kier molecular flexibility index (Phi) is 4.32. The number of rotatable bonds is 5. The number of nitrogens with zero attached hydrogens (tertiary/aromatic N) is 2. The second-order valence-electron chi connectivity index (χ2n) is 5.33. The van der Waals surface area contributed by atoms with Crippen LogP contribution in [-0.2, 0) is 0 Å². The number of nitrogens with one attached hydrogen (secondary N) is 1. The molecule has 3 nitrogen and oxygen atoms in total. The fourth-order valence-electron chi connectivity index (χ4n) is 2.40. The Hall–Kier alpha value is -0.290. The smallest absolute Gasteiger partial charge is 0.144 e. The summed E-state index contributed by atoms with van der Waals surface area (Å²) in [6.45, 7) is 3.15. The number of halogens is 1. The van der Waals surface area contributed by atoms with Crippen molar-refractivity contribution in [2.24, 2.45) is 0 Å². The molecule has 2 aliphatic rings. The van der Waals surface area contributed by atoms with Gasteiger partial charge in [-0.1, -0.05) is 6.92 Å². The number of anilines is 1. The van der Waals surface area contributed by atoms with Crippen LogP contribution < -0.4 is 5.32 Å². The van der Waals surface area contributed by atoms with Gasteiger partial charge in [0.1, 0.15) is 11.6 Å². The Labute approximate surface area is 127 Å². The molecule has 1 N–H and O–H groups in total. The molecule has 1 aliphatic carbocycles. The number of hydrogen-bond acceptors (Lipinski definition) is 4. The molecule has 0 radical (unpaired) electrons. The molecule has 1 aromatic heterocycles. The summed E-state index contributed by atoms with van der Waals surface area (Å²) < 4.78 is 1.09. The summed E-state index contributed by atoms with van der Waals surface area (Å²) >= 11 is 5.71. The predicted molar refractivity (Wildman–Crippen MR) is 84.9 cm³/mol. The summed E-state index contributed by atoms with van der Waals surface area (Å²) in [5.74, 6) is 3.96. The molecule has 1 saturated carbocycles. The van der Waals surface area contributed by atoms with Crippen molar-refractivity contribution in [3.05, 3.63) is 16.0 Å². The third-order valence-corrected chi connectivity index (χ3v) is 5.77. The first kappa shape index (κ1) is 13.7. The SMILES string of the molecule is CCCNc1nc(C2CCCS2)nc(C2CC2)c1Br. The third-order valence-electron chi connectivity index (χ3n) is 3.62. The number of aromatic nitrogens is 2. The average molecular weight is 342 g/mol. The van der Waals surface area contributed by atoms with Gasteiger partial charge in [-0.3, -0.25) is 0 Å². The maximum atomic E-state index is 4.87. The Balaban J connectivity index is 1.92. The van der Waals surface area contributed by atoms with E-state index in [4.69, 9.17) is 9.97 Å². The van der Waals surface area contributed by atoms with E-state index in [0.717, 1.165) is 29.1 Å². The summed E-state index contributed by atoms with van der Waals surface area (Å²) in [6.07, 6.45) is 6.19. The zero-order valence-electron chi connectivity index (χ0n) is 11.3. The average Bonchev–Trinajstić information content (AvgIpc) is 3.11. The molecular weight excluding hydrogens is 322 g/mol. The van der Waals surface area contributed by atoms with E-state index >= 15 is 0 Å². The van der Waals surface area contributed by atoms with Gasteiger partial charge >= 0.3 is 0 Å². The van der Waals surface area contributed by atoms with E-state index in [1.807, 2.05) is 11.8 Å². The molecule has 19 heavy (non-hydrogen) atoms. The van der Waals surface area contributed by atoms with Gasteiger partial charge in [0, 0.05) is 12.5 Å². The third kappa shape index (κ3) is 3.07. The topological polar surface area (TPSA) is 37.8 Å². The summed E-state index contributed by atoms with van der Waals surface area (Å²) in [6, 6.07) is 0. The molecule has 2 fully saturated rings. The van der Waals surface area contributed by atoms with Crippen molar-refractivity contribution in [1.29, 1.82) is 0 Å². The molecule has 1 unspecified atom stereocenters. The second-order valence-corrected chi connectivity index (χ2v) is 7.44. The highest BCUT2D eigenvalue weighted by Crippen LogP contribution is 2.46. The normalized spacial score (nSPS) is 22.7. The maximum Gasteiger partial charge on any atom is 0.144 e. The largest absolute Gasteiger partial charge is 0.369 e. The molecular formula is C14H20BrN3S.